The lowest BCUT2D eigenvalue weighted by Crippen LogP contribution is -2.46. The highest BCUT2D eigenvalue weighted by Crippen LogP contribution is 1.98. The zero-order valence-corrected chi connectivity index (χ0v) is 10.1. The zero-order valence-electron chi connectivity index (χ0n) is 10.1. The molecule has 1 aliphatic heterocycles. The van der Waals surface area contributed by atoms with Gasteiger partial charge in [-0.25, -0.2) is 0 Å². The summed E-state index contributed by atoms with van der Waals surface area (Å²) in [5, 5.41) is 2.99. The second kappa shape index (κ2) is 7.60. The van der Waals surface area contributed by atoms with Crippen LogP contribution in [0.15, 0.2) is 0 Å². The number of nitrogens with zero attached hydrogens (tertiary/aromatic N) is 1. The molecule has 0 aromatic rings. The molecular formula is C11H23N3O2. The molecule has 16 heavy (non-hydrogen) atoms. The van der Waals surface area contributed by atoms with Crippen molar-refractivity contribution in [3.63, 3.8) is 0 Å². The molecule has 1 saturated heterocycles. The number of ether oxygens (including phenoxy) is 1. The Bertz CT molecular complexity index is 205. The van der Waals surface area contributed by atoms with Crippen LogP contribution in [0.3, 0.4) is 0 Å². The quantitative estimate of drug-likeness (QED) is 0.648. The Labute approximate surface area is 97.3 Å². The van der Waals surface area contributed by atoms with Gasteiger partial charge in [-0.1, -0.05) is 0 Å². The van der Waals surface area contributed by atoms with Crippen LogP contribution in [-0.4, -0.2) is 56.2 Å². The van der Waals surface area contributed by atoms with E-state index in [1.54, 1.807) is 0 Å². The Morgan fingerprint density at radius 3 is 2.81 bits per heavy atom. The molecule has 3 N–H and O–H groups in total. The summed E-state index contributed by atoms with van der Waals surface area (Å²) in [6.45, 7) is 7.03. The smallest absolute Gasteiger partial charge is 0.220 e. The second-order valence-electron chi connectivity index (χ2n) is 4.27. The van der Waals surface area contributed by atoms with Crippen LogP contribution < -0.4 is 11.1 Å². The predicted molar refractivity (Wildman–Crippen MR) is 63.2 cm³/mol. The largest absolute Gasteiger partial charge is 0.379 e. The molecule has 1 aliphatic rings. The maximum atomic E-state index is 11.4. The first-order valence-corrected chi connectivity index (χ1v) is 6.02. The third-order valence-electron chi connectivity index (χ3n) is 2.65. The van der Waals surface area contributed by atoms with Crippen molar-refractivity contribution >= 4 is 5.91 Å². The van der Waals surface area contributed by atoms with Gasteiger partial charge >= 0.3 is 0 Å². The average Bonchev–Trinajstić information content (AvgIpc) is 2.27. The molecule has 5 heteroatoms. The fourth-order valence-electron chi connectivity index (χ4n) is 1.83. The van der Waals surface area contributed by atoms with Crippen LogP contribution in [0, 0.1) is 0 Å². The Balaban J connectivity index is 2.13. The number of amides is 1. The van der Waals surface area contributed by atoms with Gasteiger partial charge in [-0.15, -0.1) is 0 Å². The van der Waals surface area contributed by atoms with Crippen molar-refractivity contribution in [2.45, 2.75) is 25.8 Å². The standard InChI is InChI=1S/C11H23N3O2/c1-10(13-11(15)3-2-4-12)9-14-5-7-16-8-6-14/h10H,2-9,12H2,1H3,(H,13,15). The van der Waals surface area contributed by atoms with E-state index < -0.39 is 0 Å². The van der Waals surface area contributed by atoms with E-state index in [9.17, 15) is 4.79 Å². The van der Waals surface area contributed by atoms with E-state index in [1.165, 1.54) is 0 Å². The van der Waals surface area contributed by atoms with Crippen molar-refractivity contribution in [3.8, 4) is 0 Å². The molecule has 0 aliphatic carbocycles. The van der Waals surface area contributed by atoms with Crippen molar-refractivity contribution in [1.29, 1.82) is 0 Å². The van der Waals surface area contributed by atoms with E-state index in [2.05, 4.69) is 10.2 Å². The molecule has 0 saturated carbocycles. The van der Waals surface area contributed by atoms with Gasteiger partial charge < -0.3 is 15.8 Å². The molecule has 1 rings (SSSR count). The number of rotatable bonds is 6. The van der Waals surface area contributed by atoms with E-state index in [0.29, 0.717) is 13.0 Å². The molecule has 0 spiro atoms. The summed E-state index contributed by atoms with van der Waals surface area (Å²) < 4.78 is 5.27. The first-order chi connectivity index (χ1) is 7.72. The Morgan fingerprint density at radius 2 is 2.19 bits per heavy atom. The van der Waals surface area contributed by atoms with Crippen LogP contribution in [0.4, 0.5) is 0 Å². The van der Waals surface area contributed by atoms with Gasteiger partial charge in [-0.2, -0.15) is 0 Å². The molecule has 5 nitrogen and oxygen atoms in total. The third kappa shape index (κ3) is 5.44. The molecule has 0 aromatic heterocycles. The Kier molecular flexibility index (Phi) is 6.37. The second-order valence-corrected chi connectivity index (χ2v) is 4.27. The van der Waals surface area contributed by atoms with E-state index in [0.717, 1.165) is 39.3 Å². The lowest BCUT2D eigenvalue weighted by Gasteiger charge is -2.29. The van der Waals surface area contributed by atoms with Gasteiger partial charge in [0, 0.05) is 32.1 Å². The first kappa shape index (κ1) is 13.4. The molecule has 0 radical (unpaired) electrons. The minimum atomic E-state index is 0.103. The maximum Gasteiger partial charge on any atom is 0.220 e. The molecule has 1 unspecified atom stereocenters. The van der Waals surface area contributed by atoms with Gasteiger partial charge in [0.2, 0.25) is 5.91 Å². The lowest BCUT2D eigenvalue weighted by molar-refractivity contribution is -0.121. The van der Waals surface area contributed by atoms with Crippen LogP contribution in [0.25, 0.3) is 0 Å². The van der Waals surface area contributed by atoms with E-state index >= 15 is 0 Å². The molecular weight excluding hydrogens is 206 g/mol. The molecule has 1 amide bonds. The van der Waals surface area contributed by atoms with Crippen molar-refractivity contribution in [2.24, 2.45) is 5.73 Å². The van der Waals surface area contributed by atoms with Crippen molar-refractivity contribution < 1.29 is 9.53 Å². The molecule has 1 atom stereocenters. The molecule has 1 heterocycles. The maximum absolute atomic E-state index is 11.4. The highest BCUT2D eigenvalue weighted by atomic mass is 16.5. The van der Waals surface area contributed by atoms with Gasteiger partial charge in [-0.05, 0) is 19.9 Å². The van der Waals surface area contributed by atoms with Gasteiger partial charge in [0.1, 0.15) is 0 Å². The molecule has 0 bridgehead atoms. The van der Waals surface area contributed by atoms with Crippen molar-refractivity contribution in [1.82, 2.24) is 10.2 Å². The summed E-state index contributed by atoms with van der Waals surface area (Å²) in [6.07, 6.45) is 1.29. The number of carbonyl (C=O) groups excluding carboxylic acids is 1. The normalized spacial score (nSPS) is 19.4. The summed E-state index contributed by atoms with van der Waals surface area (Å²) in [5.74, 6) is 0.103. The van der Waals surface area contributed by atoms with Crippen LogP contribution in [-0.2, 0) is 9.53 Å². The molecule has 94 valence electrons. The van der Waals surface area contributed by atoms with Crippen molar-refractivity contribution in [2.75, 3.05) is 39.4 Å². The number of nitrogens with one attached hydrogen (secondary N) is 1. The molecule has 0 aromatic carbocycles. The number of nitrogens with two attached hydrogens (primary N) is 1. The summed E-state index contributed by atoms with van der Waals surface area (Å²) in [4.78, 5) is 13.8. The van der Waals surface area contributed by atoms with Crippen LogP contribution >= 0.6 is 0 Å². The Hall–Kier alpha value is -0.650. The van der Waals surface area contributed by atoms with Crippen LogP contribution in [0.2, 0.25) is 0 Å². The zero-order chi connectivity index (χ0) is 11.8. The van der Waals surface area contributed by atoms with Gasteiger partial charge in [-0.3, -0.25) is 9.69 Å². The van der Waals surface area contributed by atoms with E-state index in [1.807, 2.05) is 6.92 Å². The average molecular weight is 229 g/mol. The van der Waals surface area contributed by atoms with Gasteiger partial charge in [0.25, 0.3) is 0 Å². The number of hydrogen-bond acceptors (Lipinski definition) is 4. The lowest BCUT2D eigenvalue weighted by atomic mass is 10.2. The minimum absolute atomic E-state index is 0.103. The van der Waals surface area contributed by atoms with Crippen LogP contribution in [0.5, 0.6) is 0 Å². The highest BCUT2D eigenvalue weighted by molar-refractivity contribution is 5.76. The van der Waals surface area contributed by atoms with E-state index in [4.69, 9.17) is 10.5 Å². The number of morpholine rings is 1. The minimum Gasteiger partial charge on any atom is -0.379 e. The fraction of sp³-hybridized carbons (Fsp3) is 0.909. The van der Waals surface area contributed by atoms with Crippen LogP contribution in [0.1, 0.15) is 19.8 Å². The first-order valence-electron chi connectivity index (χ1n) is 6.02. The monoisotopic (exact) mass is 229 g/mol. The summed E-state index contributed by atoms with van der Waals surface area (Å²) in [6, 6.07) is 0.198. The molecule has 1 fully saturated rings. The summed E-state index contributed by atoms with van der Waals surface area (Å²) in [5.41, 5.74) is 5.35. The Morgan fingerprint density at radius 1 is 1.50 bits per heavy atom. The number of carbonyl (C=O) groups is 1. The predicted octanol–water partition coefficient (Wildman–Crippen LogP) is -0.438. The van der Waals surface area contributed by atoms with Crippen molar-refractivity contribution in [3.05, 3.63) is 0 Å². The van der Waals surface area contributed by atoms with Gasteiger partial charge in [0.15, 0.2) is 0 Å². The van der Waals surface area contributed by atoms with Gasteiger partial charge in [0.05, 0.1) is 13.2 Å². The van der Waals surface area contributed by atoms with E-state index in [-0.39, 0.29) is 11.9 Å². The highest BCUT2D eigenvalue weighted by Gasteiger charge is 2.14. The number of hydrogen-bond donors (Lipinski definition) is 2. The summed E-state index contributed by atoms with van der Waals surface area (Å²) in [7, 11) is 0. The topological polar surface area (TPSA) is 67.6 Å². The fourth-order valence-corrected chi connectivity index (χ4v) is 1.83. The third-order valence-corrected chi connectivity index (χ3v) is 2.65. The SMILES string of the molecule is CC(CN1CCOCC1)NC(=O)CCCN. The summed E-state index contributed by atoms with van der Waals surface area (Å²) >= 11 is 0.